The molecule has 138 valence electrons. The molecule has 1 unspecified atom stereocenters. The number of hydrogen-bond acceptors (Lipinski definition) is 4. The minimum Gasteiger partial charge on any atom is -0.396 e. The van der Waals surface area contributed by atoms with Crippen molar-refractivity contribution in [2.45, 2.75) is 45.6 Å². The van der Waals surface area contributed by atoms with E-state index in [0.29, 0.717) is 18.8 Å². The van der Waals surface area contributed by atoms with Gasteiger partial charge in [0.25, 0.3) is 5.91 Å². The fourth-order valence-electron chi connectivity index (χ4n) is 3.83. The molecule has 0 aromatic carbocycles. The van der Waals surface area contributed by atoms with Crippen molar-refractivity contribution in [3.63, 3.8) is 0 Å². The van der Waals surface area contributed by atoms with Crippen molar-refractivity contribution >= 4 is 11.8 Å². The van der Waals surface area contributed by atoms with Crippen molar-refractivity contribution in [2.24, 2.45) is 11.3 Å². The molecule has 1 atom stereocenters. The molecule has 2 heterocycles. The van der Waals surface area contributed by atoms with E-state index in [1.54, 1.807) is 17.8 Å². The fourth-order valence-corrected chi connectivity index (χ4v) is 3.83. The van der Waals surface area contributed by atoms with Gasteiger partial charge in [0.15, 0.2) is 5.69 Å². The van der Waals surface area contributed by atoms with Crippen LogP contribution in [-0.2, 0) is 11.3 Å². The Hall–Kier alpha value is -1.89. The van der Waals surface area contributed by atoms with Crippen LogP contribution in [0.3, 0.4) is 0 Å². The number of hydrogen-bond donors (Lipinski definition) is 2. The maximum absolute atomic E-state index is 12.9. The number of nitrogens with one attached hydrogen (secondary N) is 1. The Labute approximate surface area is 148 Å². The fraction of sp³-hybridized carbons (Fsp3) is 0.722. The van der Waals surface area contributed by atoms with Crippen LogP contribution >= 0.6 is 0 Å². The van der Waals surface area contributed by atoms with Gasteiger partial charge in [0, 0.05) is 31.2 Å². The summed E-state index contributed by atoms with van der Waals surface area (Å²) in [7, 11) is 1.58. The van der Waals surface area contributed by atoms with Gasteiger partial charge in [-0.05, 0) is 38.2 Å². The van der Waals surface area contributed by atoms with E-state index in [4.69, 9.17) is 0 Å². The van der Waals surface area contributed by atoms with Gasteiger partial charge in [0.1, 0.15) is 6.54 Å². The van der Waals surface area contributed by atoms with E-state index in [1.807, 2.05) is 11.8 Å². The predicted molar refractivity (Wildman–Crippen MR) is 93.0 cm³/mol. The molecule has 0 radical (unpaired) electrons. The second-order valence-corrected chi connectivity index (χ2v) is 7.64. The first-order valence-electron chi connectivity index (χ1n) is 9.11. The summed E-state index contributed by atoms with van der Waals surface area (Å²) in [5.74, 6) is 0.468. The number of carbonyl (C=O) groups excluding carboxylic acids is 2. The average molecular weight is 348 g/mol. The highest BCUT2D eigenvalue weighted by Crippen LogP contribution is 2.44. The van der Waals surface area contributed by atoms with E-state index in [9.17, 15) is 14.7 Å². The maximum Gasteiger partial charge on any atom is 0.274 e. The standard InChI is InChI=1S/C18H28N4O3/c1-13-8-15(20-22(13)10-16(24)19-2)17(25)21-7-3-6-18(11-21,12-23)9-14-4-5-14/h8,14,23H,3-7,9-12H2,1-2H3,(H,19,24). The van der Waals surface area contributed by atoms with Crippen LogP contribution in [-0.4, -0.2) is 58.3 Å². The summed E-state index contributed by atoms with van der Waals surface area (Å²) in [5, 5.41) is 16.8. The zero-order chi connectivity index (χ0) is 18.0. The summed E-state index contributed by atoms with van der Waals surface area (Å²) in [6.45, 7) is 3.39. The molecule has 1 aromatic heterocycles. The summed E-state index contributed by atoms with van der Waals surface area (Å²) in [4.78, 5) is 26.3. The molecule has 1 aromatic rings. The van der Waals surface area contributed by atoms with Gasteiger partial charge >= 0.3 is 0 Å². The molecular formula is C18H28N4O3. The third kappa shape index (κ3) is 4.03. The van der Waals surface area contributed by atoms with E-state index in [-0.39, 0.29) is 30.4 Å². The van der Waals surface area contributed by atoms with Crippen molar-refractivity contribution in [1.29, 1.82) is 0 Å². The first-order chi connectivity index (χ1) is 12.0. The van der Waals surface area contributed by atoms with Crippen molar-refractivity contribution in [3.8, 4) is 0 Å². The number of likely N-dealkylation sites (N-methyl/N-ethyl adjacent to an activating group) is 1. The Bertz CT molecular complexity index is 653. The maximum atomic E-state index is 12.9. The number of carbonyl (C=O) groups is 2. The van der Waals surface area contributed by atoms with E-state index in [2.05, 4.69) is 10.4 Å². The molecule has 0 spiro atoms. The number of amides is 2. The van der Waals surface area contributed by atoms with E-state index in [0.717, 1.165) is 30.9 Å². The molecule has 7 nitrogen and oxygen atoms in total. The molecule has 0 bridgehead atoms. The second-order valence-electron chi connectivity index (χ2n) is 7.64. The van der Waals surface area contributed by atoms with Gasteiger partial charge in [-0.1, -0.05) is 12.8 Å². The molecule has 2 fully saturated rings. The lowest BCUT2D eigenvalue weighted by Gasteiger charge is -2.42. The van der Waals surface area contributed by atoms with E-state index in [1.165, 1.54) is 12.8 Å². The minimum atomic E-state index is -0.158. The van der Waals surface area contributed by atoms with Crippen LogP contribution in [0.2, 0.25) is 0 Å². The monoisotopic (exact) mass is 348 g/mol. The molecular weight excluding hydrogens is 320 g/mol. The number of piperidine rings is 1. The first kappa shape index (κ1) is 17.9. The number of aromatic nitrogens is 2. The summed E-state index contributed by atoms with van der Waals surface area (Å²) >= 11 is 0. The molecule has 1 saturated heterocycles. The molecule has 7 heteroatoms. The molecule has 2 aliphatic rings. The Kier molecular flexibility index (Phi) is 5.13. The second kappa shape index (κ2) is 7.15. The lowest BCUT2D eigenvalue weighted by Crippen LogP contribution is -2.48. The lowest BCUT2D eigenvalue weighted by atomic mass is 9.76. The van der Waals surface area contributed by atoms with Gasteiger partial charge in [-0.3, -0.25) is 14.3 Å². The normalized spacial score (nSPS) is 23.6. The molecule has 1 aliphatic carbocycles. The van der Waals surface area contributed by atoms with Gasteiger partial charge < -0.3 is 15.3 Å². The highest BCUT2D eigenvalue weighted by molar-refractivity contribution is 5.92. The van der Waals surface area contributed by atoms with Crippen LogP contribution in [0.25, 0.3) is 0 Å². The SMILES string of the molecule is CNC(=O)Cn1nc(C(=O)N2CCCC(CO)(CC3CC3)C2)cc1C. The smallest absolute Gasteiger partial charge is 0.274 e. The van der Waals surface area contributed by atoms with Crippen molar-refractivity contribution < 1.29 is 14.7 Å². The number of nitrogens with zero attached hydrogens (tertiary/aromatic N) is 3. The van der Waals surface area contributed by atoms with Crippen LogP contribution < -0.4 is 5.32 Å². The van der Waals surface area contributed by atoms with Crippen molar-refractivity contribution in [1.82, 2.24) is 20.0 Å². The van der Waals surface area contributed by atoms with Crippen LogP contribution in [0.4, 0.5) is 0 Å². The van der Waals surface area contributed by atoms with Gasteiger partial charge in [-0.15, -0.1) is 0 Å². The molecule has 25 heavy (non-hydrogen) atoms. The Morgan fingerprint density at radius 3 is 2.84 bits per heavy atom. The van der Waals surface area contributed by atoms with Crippen molar-refractivity contribution in [3.05, 3.63) is 17.5 Å². The average Bonchev–Trinajstić information content (AvgIpc) is 3.35. The molecule has 1 saturated carbocycles. The van der Waals surface area contributed by atoms with Crippen molar-refractivity contribution in [2.75, 3.05) is 26.7 Å². The Morgan fingerprint density at radius 1 is 1.44 bits per heavy atom. The third-order valence-electron chi connectivity index (χ3n) is 5.48. The third-order valence-corrected chi connectivity index (χ3v) is 5.48. The Balaban J connectivity index is 1.71. The molecule has 3 rings (SSSR count). The zero-order valence-corrected chi connectivity index (χ0v) is 15.1. The van der Waals surface area contributed by atoms with Crippen LogP contribution in [0, 0.1) is 18.3 Å². The lowest BCUT2D eigenvalue weighted by molar-refractivity contribution is -0.121. The van der Waals surface area contributed by atoms with Crippen LogP contribution in [0.5, 0.6) is 0 Å². The molecule has 1 aliphatic heterocycles. The zero-order valence-electron chi connectivity index (χ0n) is 15.1. The number of aliphatic hydroxyl groups is 1. The van der Waals surface area contributed by atoms with E-state index < -0.39 is 0 Å². The summed E-state index contributed by atoms with van der Waals surface area (Å²) in [6.07, 6.45) is 5.40. The summed E-state index contributed by atoms with van der Waals surface area (Å²) < 4.78 is 1.56. The van der Waals surface area contributed by atoms with Crippen LogP contribution in [0.15, 0.2) is 6.07 Å². The number of likely N-dealkylation sites (tertiary alicyclic amines) is 1. The summed E-state index contributed by atoms with van der Waals surface area (Å²) in [6, 6.07) is 1.74. The largest absolute Gasteiger partial charge is 0.396 e. The number of aliphatic hydroxyl groups excluding tert-OH is 1. The highest BCUT2D eigenvalue weighted by Gasteiger charge is 2.41. The van der Waals surface area contributed by atoms with Crippen LogP contribution in [0.1, 0.15) is 48.3 Å². The summed E-state index contributed by atoms with van der Waals surface area (Å²) in [5.41, 5.74) is 1.01. The molecule has 2 amide bonds. The molecule has 2 N–H and O–H groups in total. The number of rotatable bonds is 6. The van der Waals surface area contributed by atoms with Gasteiger partial charge in [0.05, 0.1) is 6.61 Å². The quantitative estimate of drug-likeness (QED) is 0.801. The highest BCUT2D eigenvalue weighted by atomic mass is 16.3. The Morgan fingerprint density at radius 2 is 2.20 bits per heavy atom. The predicted octanol–water partition coefficient (Wildman–Crippen LogP) is 0.952. The topological polar surface area (TPSA) is 87.5 Å². The van der Waals surface area contributed by atoms with Gasteiger partial charge in [-0.25, -0.2) is 0 Å². The van der Waals surface area contributed by atoms with E-state index >= 15 is 0 Å². The van der Waals surface area contributed by atoms with Gasteiger partial charge in [-0.2, -0.15) is 5.10 Å². The van der Waals surface area contributed by atoms with Gasteiger partial charge in [0.2, 0.25) is 5.91 Å². The first-order valence-corrected chi connectivity index (χ1v) is 9.11. The number of aryl methyl sites for hydroxylation is 1. The minimum absolute atomic E-state index is 0.105.